The number of benzene rings is 2. The van der Waals surface area contributed by atoms with Gasteiger partial charge in [-0.25, -0.2) is 0 Å². The van der Waals surface area contributed by atoms with Crippen molar-refractivity contribution >= 4 is 34.1 Å². The number of methoxy groups -OCH3 is 1. The zero-order valence-electron chi connectivity index (χ0n) is 11.8. The number of nitrogens with one attached hydrogen (secondary N) is 1. The summed E-state index contributed by atoms with van der Waals surface area (Å²) in [6, 6.07) is 14.3. The second-order valence-electron chi connectivity index (χ2n) is 4.67. The molecule has 0 aliphatic rings. The van der Waals surface area contributed by atoms with E-state index in [9.17, 15) is 4.79 Å². The summed E-state index contributed by atoms with van der Waals surface area (Å²) in [7, 11) is 1.54. The molecule has 0 spiro atoms. The van der Waals surface area contributed by atoms with Crippen molar-refractivity contribution in [2.24, 2.45) is 0 Å². The van der Waals surface area contributed by atoms with Crippen molar-refractivity contribution < 1.29 is 9.53 Å². The maximum atomic E-state index is 12.6. The van der Waals surface area contributed by atoms with Gasteiger partial charge in [0.15, 0.2) is 0 Å². The molecule has 0 atom stereocenters. The molecule has 1 N–H and O–H groups in total. The number of carbonyl (C=O) groups excluding carboxylic acids is 1. The van der Waals surface area contributed by atoms with Crippen LogP contribution in [0.4, 0.5) is 5.69 Å². The number of fused-ring (bicyclic) bond motifs is 1. The van der Waals surface area contributed by atoms with Crippen LogP contribution >= 0.6 is 11.6 Å². The molecule has 1 heterocycles. The Hall–Kier alpha value is -2.59. The molecule has 0 unspecified atom stereocenters. The molecule has 0 aliphatic carbocycles. The maximum Gasteiger partial charge on any atom is 0.256 e. The molecule has 2 aromatic carbocycles. The molecule has 22 heavy (non-hydrogen) atoms. The Morgan fingerprint density at radius 3 is 2.82 bits per heavy atom. The van der Waals surface area contributed by atoms with Crippen molar-refractivity contribution in [1.29, 1.82) is 0 Å². The zero-order chi connectivity index (χ0) is 15.5. The number of aromatic nitrogens is 1. The van der Waals surface area contributed by atoms with Crippen LogP contribution in [0.1, 0.15) is 10.4 Å². The molecule has 110 valence electrons. The number of para-hydroxylation sites is 1. The summed E-state index contributed by atoms with van der Waals surface area (Å²) in [5, 5.41) is 4.15. The molecular formula is C17H13ClN2O2. The molecule has 4 nitrogen and oxygen atoms in total. The average molecular weight is 313 g/mol. The standard InChI is InChI=1S/C17H13ClN2O2/c1-22-16-7-6-11(18)10-15(16)20-17(21)13-8-9-19-14-5-3-2-4-12(13)14/h2-10H,1H3,(H,20,21). The van der Waals surface area contributed by atoms with Crippen LogP contribution in [-0.2, 0) is 0 Å². The van der Waals surface area contributed by atoms with Crippen molar-refractivity contribution in [1.82, 2.24) is 4.98 Å². The maximum absolute atomic E-state index is 12.6. The Morgan fingerprint density at radius 1 is 1.18 bits per heavy atom. The molecule has 0 saturated carbocycles. The number of hydrogen-bond acceptors (Lipinski definition) is 3. The number of anilines is 1. The molecule has 0 saturated heterocycles. The van der Waals surface area contributed by atoms with E-state index < -0.39 is 0 Å². The van der Waals surface area contributed by atoms with Crippen molar-refractivity contribution in [3.05, 3.63) is 65.3 Å². The molecule has 0 fully saturated rings. The highest BCUT2D eigenvalue weighted by atomic mass is 35.5. The van der Waals surface area contributed by atoms with Gasteiger partial charge in [0.05, 0.1) is 23.9 Å². The molecule has 1 aromatic heterocycles. The summed E-state index contributed by atoms with van der Waals surface area (Å²) in [5.74, 6) is 0.315. The topological polar surface area (TPSA) is 51.2 Å². The van der Waals surface area contributed by atoms with Gasteiger partial charge in [-0.15, -0.1) is 0 Å². The van der Waals surface area contributed by atoms with Crippen LogP contribution in [0.2, 0.25) is 5.02 Å². The van der Waals surface area contributed by atoms with E-state index in [1.54, 1.807) is 37.6 Å². The molecule has 0 radical (unpaired) electrons. The normalized spacial score (nSPS) is 10.5. The van der Waals surface area contributed by atoms with E-state index in [0.29, 0.717) is 22.0 Å². The number of amides is 1. The predicted molar refractivity (Wildman–Crippen MR) is 87.7 cm³/mol. The third-order valence-corrected chi connectivity index (χ3v) is 3.54. The highest BCUT2D eigenvalue weighted by Gasteiger charge is 2.13. The van der Waals surface area contributed by atoms with Crippen LogP contribution < -0.4 is 10.1 Å². The van der Waals surface area contributed by atoms with Gasteiger partial charge >= 0.3 is 0 Å². The van der Waals surface area contributed by atoms with E-state index in [4.69, 9.17) is 16.3 Å². The second kappa shape index (κ2) is 6.03. The Morgan fingerprint density at radius 2 is 2.00 bits per heavy atom. The van der Waals surface area contributed by atoms with E-state index in [1.165, 1.54) is 0 Å². The van der Waals surface area contributed by atoms with E-state index in [2.05, 4.69) is 10.3 Å². The van der Waals surface area contributed by atoms with Crippen molar-refractivity contribution in [2.45, 2.75) is 0 Å². The minimum absolute atomic E-state index is 0.237. The number of halogens is 1. The minimum atomic E-state index is -0.237. The average Bonchev–Trinajstić information content (AvgIpc) is 2.54. The zero-order valence-corrected chi connectivity index (χ0v) is 12.6. The first-order valence-electron chi connectivity index (χ1n) is 6.67. The molecule has 1 amide bonds. The number of hydrogen-bond donors (Lipinski definition) is 1. The van der Waals surface area contributed by atoms with Gasteiger partial charge < -0.3 is 10.1 Å². The Bertz CT molecular complexity index is 844. The molecule has 5 heteroatoms. The Kier molecular flexibility index (Phi) is 3.94. The van der Waals surface area contributed by atoms with Gasteiger partial charge in [-0.05, 0) is 30.3 Å². The van der Waals surface area contributed by atoms with E-state index >= 15 is 0 Å². The lowest BCUT2D eigenvalue weighted by atomic mass is 10.1. The monoisotopic (exact) mass is 312 g/mol. The highest BCUT2D eigenvalue weighted by Crippen LogP contribution is 2.28. The fourth-order valence-electron chi connectivity index (χ4n) is 2.26. The van der Waals surface area contributed by atoms with Gasteiger partial charge in [-0.2, -0.15) is 0 Å². The summed E-state index contributed by atoms with van der Waals surface area (Å²) in [5.41, 5.74) is 1.85. The third-order valence-electron chi connectivity index (χ3n) is 3.30. The Balaban J connectivity index is 1.99. The third kappa shape index (κ3) is 2.73. The number of nitrogens with zero attached hydrogens (tertiary/aromatic N) is 1. The SMILES string of the molecule is COc1ccc(Cl)cc1NC(=O)c1ccnc2ccccc12. The highest BCUT2D eigenvalue weighted by molar-refractivity contribution is 6.31. The van der Waals surface area contributed by atoms with Crippen LogP contribution in [-0.4, -0.2) is 18.0 Å². The number of rotatable bonds is 3. The molecule has 0 bridgehead atoms. The summed E-state index contributed by atoms with van der Waals surface area (Å²) < 4.78 is 5.24. The summed E-state index contributed by atoms with van der Waals surface area (Å²) in [6.07, 6.45) is 1.62. The van der Waals surface area contributed by atoms with Crippen molar-refractivity contribution in [2.75, 3.05) is 12.4 Å². The summed E-state index contributed by atoms with van der Waals surface area (Å²) in [4.78, 5) is 16.8. The molecule has 3 aromatic rings. The lowest BCUT2D eigenvalue weighted by Crippen LogP contribution is -2.13. The van der Waals surface area contributed by atoms with Gasteiger partial charge in [0.2, 0.25) is 0 Å². The quantitative estimate of drug-likeness (QED) is 0.790. The van der Waals surface area contributed by atoms with E-state index in [1.807, 2.05) is 24.3 Å². The molecular weight excluding hydrogens is 300 g/mol. The number of pyridine rings is 1. The van der Waals surface area contributed by atoms with Gasteiger partial charge in [-0.3, -0.25) is 9.78 Å². The number of carbonyl (C=O) groups is 1. The first-order valence-corrected chi connectivity index (χ1v) is 7.05. The first-order chi connectivity index (χ1) is 10.7. The second-order valence-corrected chi connectivity index (χ2v) is 5.11. The summed E-state index contributed by atoms with van der Waals surface area (Å²) in [6.45, 7) is 0. The fourth-order valence-corrected chi connectivity index (χ4v) is 2.43. The predicted octanol–water partition coefficient (Wildman–Crippen LogP) is 4.15. The van der Waals surface area contributed by atoms with Crippen LogP contribution in [0.15, 0.2) is 54.7 Å². The van der Waals surface area contributed by atoms with Gasteiger partial charge in [-0.1, -0.05) is 29.8 Å². The van der Waals surface area contributed by atoms with Gasteiger partial charge in [0.25, 0.3) is 5.91 Å². The molecule has 0 aliphatic heterocycles. The van der Waals surface area contributed by atoms with Crippen LogP contribution in [0.5, 0.6) is 5.75 Å². The van der Waals surface area contributed by atoms with Crippen LogP contribution in [0.3, 0.4) is 0 Å². The smallest absolute Gasteiger partial charge is 0.256 e. The van der Waals surface area contributed by atoms with Crippen molar-refractivity contribution in [3.8, 4) is 5.75 Å². The van der Waals surface area contributed by atoms with E-state index in [-0.39, 0.29) is 5.91 Å². The van der Waals surface area contributed by atoms with Gasteiger partial charge in [0, 0.05) is 16.6 Å². The fraction of sp³-hybridized carbons (Fsp3) is 0.0588. The number of ether oxygens (including phenoxy) is 1. The van der Waals surface area contributed by atoms with Crippen LogP contribution in [0.25, 0.3) is 10.9 Å². The van der Waals surface area contributed by atoms with Gasteiger partial charge in [0.1, 0.15) is 5.75 Å². The van der Waals surface area contributed by atoms with Crippen LogP contribution in [0, 0.1) is 0 Å². The Labute approximate surface area is 132 Å². The lowest BCUT2D eigenvalue weighted by molar-refractivity contribution is 0.102. The minimum Gasteiger partial charge on any atom is -0.495 e. The van der Waals surface area contributed by atoms with E-state index in [0.717, 1.165) is 10.9 Å². The van der Waals surface area contributed by atoms with Crippen molar-refractivity contribution in [3.63, 3.8) is 0 Å². The molecule has 3 rings (SSSR count). The largest absolute Gasteiger partial charge is 0.495 e. The summed E-state index contributed by atoms with van der Waals surface area (Å²) >= 11 is 5.98. The lowest BCUT2D eigenvalue weighted by Gasteiger charge is -2.11. The first kappa shape index (κ1) is 14.4.